The summed E-state index contributed by atoms with van der Waals surface area (Å²) in [7, 11) is 0. The summed E-state index contributed by atoms with van der Waals surface area (Å²) < 4.78 is 0. The molecule has 4 nitrogen and oxygen atoms in total. The van der Waals surface area contributed by atoms with Gasteiger partial charge >= 0.3 is 0 Å². The van der Waals surface area contributed by atoms with Gasteiger partial charge in [-0.3, -0.25) is 9.59 Å². The minimum Gasteiger partial charge on any atom is -0.341 e. The molecule has 5 heteroatoms. The van der Waals surface area contributed by atoms with Gasteiger partial charge in [0.15, 0.2) is 0 Å². The Morgan fingerprint density at radius 2 is 1.67 bits per heavy atom. The van der Waals surface area contributed by atoms with E-state index in [1.54, 1.807) is 11.8 Å². The van der Waals surface area contributed by atoms with Crippen LogP contribution in [0.15, 0.2) is 0 Å². The third-order valence-electron chi connectivity index (χ3n) is 2.59. The minimum absolute atomic E-state index is 0.0937. The summed E-state index contributed by atoms with van der Waals surface area (Å²) in [4.78, 5) is 26.4. The number of hydrogen-bond donors (Lipinski definition) is 0. The van der Waals surface area contributed by atoms with E-state index in [2.05, 4.69) is 15.9 Å². The van der Waals surface area contributed by atoms with Gasteiger partial charge in [-0.2, -0.15) is 0 Å². The fourth-order valence-corrected chi connectivity index (χ4v) is 1.99. The highest BCUT2D eigenvalue weighted by atomic mass is 79.9. The van der Waals surface area contributed by atoms with Crippen LogP contribution in [0.4, 0.5) is 0 Å². The summed E-state index contributed by atoms with van der Waals surface area (Å²) in [5, 5.41) is 0. The molecular formula is C10H17BrN2O2. The molecule has 0 spiro atoms. The first-order valence-electron chi connectivity index (χ1n) is 5.20. The van der Waals surface area contributed by atoms with Gasteiger partial charge in [0.05, 0.1) is 4.83 Å². The molecule has 0 N–H and O–H groups in total. The van der Waals surface area contributed by atoms with Gasteiger partial charge in [-0.15, -0.1) is 0 Å². The fourth-order valence-electron chi connectivity index (χ4n) is 1.70. The number of carbonyl (C=O) groups is 2. The molecule has 0 aromatic rings. The first kappa shape index (κ1) is 12.5. The van der Waals surface area contributed by atoms with Crippen molar-refractivity contribution < 1.29 is 9.59 Å². The fraction of sp³-hybridized carbons (Fsp3) is 0.800. The van der Waals surface area contributed by atoms with Crippen molar-refractivity contribution in [3.05, 3.63) is 0 Å². The number of amides is 2. The second kappa shape index (κ2) is 5.49. The smallest absolute Gasteiger partial charge is 0.236 e. The highest BCUT2D eigenvalue weighted by Crippen LogP contribution is 2.08. The van der Waals surface area contributed by atoms with Crippen molar-refractivity contribution in [3.8, 4) is 0 Å². The summed E-state index contributed by atoms with van der Waals surface area (Å²) in [6.07, 6.45) is 0.866. The van der Waals surface area contributed by atoms with E-state index in [0.29, 0.717) is 13.1 Å². The van der Waals surface area contributed by atoms with E-state index in [0.717, 1.165) is 19.5 Å². The van der Waals surface area contributed by atoms with Crippen molar-refractivity contribution in [3.63, 3.8) is 0 Å². The van der Waals surface area contributed by atoms with E-state index < -0.39 is 0 Å². The Kier molecular flexibility index (Phi) is 4.57. The monoisotopic (exact) mass is 276 g/mol. The number of carbonyl (C=O) groups excluding carboxylic acids is 2. The predicted molar refractivity (Wildman–Crippen MR) is 61.8 cm³/mol. The predicted octanol–water partition coefficient (Wildman–Crippen LogP) is 0.851. The van der Waals surface area contributed by atoms with E-state index in [1.807, 2.05) is 11.8 Å². The van der Waals surface area contributed by atoms with E-state index in [1.165, 1.54) is 0 Å². The normalized spacial score (nSPS) is 19.7. The van der Waals surface area contributed by atoms with Crippen LogP contribution in [-0.2, 0) is 9.59 Å². The summed E-state index contributed by atoms with van der Waals surface area (Å²) in [5.74, 6) is 0.205. The van der Waals surface area contributed by atoms with Crippen LogP contribution in [0.2, 0.25) is 0 Å². The average Bonchev–Trinajstić information content (AvgIpc) is 2.41. The Morgan fingerprint density at radius 1 is 1.13 bits per heavy atom. The molecule has 2 amide bonds. The topological polar surface area (TPSA) is 40.6 Å². The number of alkyl halides is 1. The summed E-state index contributed by atoms with van der Waals surface area (Å²) in [6, 6.07) is 0. The van der Waals surface area contributed by atoms with Crippen LogP contribution >= 0.6 is 15.9 Å². The molecule has 0 aromatic heterocycles. The van der Waals surface area contributed by atoms with Crippen molar-refractivity contribution in [2.75, 3.05) is 26.2 Å². The van der Waals surface area contributed by atoms with E-state index in [-0.39, 0.29) is 16.6 Å². The molecule has 0 aliphatic carbocycles. The van der Waals surface area contributed by atoms with Gasteiger partial charge in [0.2, 0.25) is 11.8 Å². The van der Waals surface area contributed by atoms with E-state index in [9.17, 15) is 9.59 Å². The summed E-state index contributed by atoms with van der Waals surface area (Å²) >= 11 is 3.27. The first-order valence-corrected chi connectivity index (χ1v) is 6.12. The molecule has 86 valence electrons. The SMILES string of the molecule is CC(=O)N1CCCN(C(=O)C(C)Br)CC1. The van der Waals surface area contributed by atoms with Gasteiger partial charge < -0.3 is 9.80 Å². The van der Waals surface area contributed by atoms with Crippen molar-refractivity contribution in [2.45, 2.75) is 25.1 Å². The first-order chi connectivity index (χ1) is 7.02. The minimum atomic E-state index is -0.138. The number of hydrogen-bond acceptors (Lipinski definition) is 2. The molecule has 0 bridgehead atoms. The maximum Gasteiger partial charge on any atom is 0.236 e. The molecule has 0 radical (unpaired) electrons. The average molecular weight is 277 g/mol. The molecule has 1 atom stereocenters. The van der Waals surface area contributed by atoms with Crippen LogP contribution in [0.5, 0.6) is 0 Å². The molecular weight excluding hydrogens is 260 g/mol. The molecule has 1 fully saturated rings. The Balaban J connectivity index is 2.52. The van der Waals surface area contributed by atoms with Crippen molar-refractivity contribution in [2.24, 2.45) is 0 Å². The number of nitrogens with zero attached hydrogens (tertiary/aromatic N) is 2. The quantitative estimate of drug-likeness (QED) is 0.667. The molecule has 1 saturated heterocycles. The zero-order chi connectivity index (χ0) is 11.4. The largest absolute Gasteiger partial charge is 0.341 e. The highest BCUT2D eigenvalue weighted by Gasteiger charge is 2.22. The zero-order valence-electron chi connectivity index (χ0n) is 9.20. The maximum atomic E-state index is 11.7. The molecule has 1 aliphatic rings. The van der Waals surface area contributed by atoms with Gasteiger partial charge in [-0.05, 0) is 13.3 Å². The van der Waals surface area contributed by atoms with Crippen LogP contribution in [0.25, 0.3) is 0 Å². The van der Waals surface area contributed by atoms with Crippen LogP contribution in [-0.4, -0.2) is 52.6 Å². The maximum absolute atomic E-state index is 11.7. The Bertz CT molecular complexity index is 256. The lowest BCUT2D eigenvalue weighted by Crippen LogP contribution is -2.39. The van der Waals surface area contributed by atoms with Crippen LogP contribution in [0.3, 0.4) is 0 Å². The third kappa shape index (κ3) is 3.48. The molecule has 1 aliphatic heterocycles. The van der Waals surface area contributed by atoms with Gasteiger partial charge in [-0.1, -0.05) is 15.9 Å². The molecule has 0 aromatic carbocycles. The Labute approximate surface area is 98.7 Å². The summed E-state index contributed by atoms with van der Waals surface area (Å²) in [6.45, 7) is 6.21. The highest BCUT2D eigenvalue weighted by molar-refractivity contribution is 9.10. The molecule has 1 unspecified atom stereocenters. The second-order valence-corrected chi connectivity index (χ2v) is 5.17. The van der Waals surface area contributed by atoms with Crippen LogP contribution < -0.4 is 0 Å². The zero-order valence-corrected chi connectivity index (χ0v) is 10.8. The third-order valence-corrected chi connectivity index (χ3v) is 2.98. The summed E-state index contributed by atoms with van der Waals surface area (Å²) in [5.41, 5.74) is 0. The molecule has 1 heterocycles. The lowest BCUT2D eigenvalue weighted by molar-refractivity contribution is -0.131. The molecule has 15 heavy (non-hydrogen) atoms. The van der Waals surface area contributed by atoms with E-state index >= 15 is 0 Å². The molecule has 1 rings (SSSR count). The van der Waals surface area contributed by atoms with Gasteiger partial charge in [0, 0.05) is 33.1 Å². The Morgan fingerprint density at radius 3 is 2.20 bits per heavy atom. The lowest BCUT2D eigenvalue weighted by Gasteiger charge is -2.22. The van der Waals surface area contributed by atoms with Crippen molar-refractivity contribution in [1.29, 1.82) is 0 Å². The van der Waals surface area contributed by atoms with Gasteiger partial charge in [0.1, 0.15) is 0 Å². The number of halogens is 1. The molecule has 0 saturated carbocycles. The Hall–Kier alpha value is -0.580. The van der Waals surface area contributed by atoms with Crippen LogP contribution in [0, 0.1) is 0 Å². The number of rotatable bonds is 1. The van der Waals surface area contributed by atoms with E-state index in [4.69, 9.17) is 0 Å². The lowest BCUT2D eigenvalue weighted by atomic mass is 10.3. The van der Waals surface area contributed by atoms with Gasteiger partial charge in [-0.25, -0.2) is 0 Å². The van der Waals surface area contributed by atoms with Crippen molar-refractivity contribution >= 4 is 27.7 Å². The standard InChI is InChI=1S/C10H17BrN2O2/c1-8(11)10(15)13-5-3-4-12(6-7-13)9(2)14/h8H,3-7H2,1-2H3. The van der Waals surface area contributed by atoms with Crippen molar-refractivity contribution in [1.82, 2.24) is 9.80 Å². The van der Waals surface area contributed by atoms with Crippen LogP contribution in [0.1, 0.15) is 20.3 Å². The second-order valence-electron chi connectivity index (χ2n) is 3.80. The van der Waals surface area contributed by atoms with Gasteiger partial charge in [0.25, 0.3) is 0 Å².